The molecule has 0 amide bonds. The van der Waals surface area contributed by atoms with Crippen LogP contribution in [-0.2, 0) is 10.0 Å². The van der Waals surface area contributed by atoms with Crippen molar-refractivity contribution in [3.05, 3.63) is 48.5 Å². The van der Waals surface area contributed by atoms with Crippen LogP contribution in [0.5, 0.6) is 0 Å². The van der Waals surface area contributed by atoms with E-state index >= 15 is 0 Å². The van der Waals surface area contributed by atoms with Crippen molar-refractivity contribution in [2.24, 2.45) is 0 Å². The molecular formula is C19H23N5O2S. The highest BCUT2D eigenvalue weighted by molar-refractivity contribution is 7.88. The number of anilines is 1. The lowest BCUT2D eigenvalue weighted by Gasteiger charge is -2.34. The van der Waals surface area contributed by atoms with E-state index in [0.29, 0.717) is 6.54 Å². The predicted octanol–water partition coefficient (Wildman–Crippen LogP) is 2.25. The Hall–Kier alpha value is -2.45. The van der Waals surface area contributed by atoms with Crippen LogP contribution in [0.3, 0.4) is 0 Å². The summed E-state index contributed by atoms with van der Waals surface area (Å²) in [6.07, 6.45) is 8.42. The van der Waals surface area contributed by atoms with E-state index in [4.69, 9.17) is 4.98 Å². The fourth-order valence-electron chi connectivity index (χ4n) is 3.67. The average molecular weight is 385 g/mol. The maximum absolute atomic E-state index is 11.6. The van der Waals surface area contributed by atoms with Crippen LogP contribution in [-0.4, -0.2) is 48.3 Å². The average Bonchev–Trinajstić information content (AvgIpc) is 3.13. The van der Waals surface area contributed by atoms with Gasteiger partial charge in [-0.05, 0) is 31.4 Å². The van der Waals surface area contributed by atoms with Crippen molar-refractivity contribution in [3.8, 4) is 5.69 Å². The topological polar surface area (TPSA) is 80.1 Å². The summed E-state index contributed by atoms with van der Waals surface area (Å²) in [5.41, 5.74) is 3.10. The van der Waals surface area contributed by atoms with Crippen LogP contribution in [0.15, 0.2) is 43.0 Å². The number of aryl methyl sites for hydroxylation is 1. The first-order chi connectivity index (χ1) is 12.9. The smallest absolute Gasteiger partial charge is 0.209 e. The van der Waals surface area contributed by atoms with Gasteiger partial charge in [-0.1, -0.05) is 12.1 Å². The Bertz CT molecular complexity index is 1060. The van der Waals surface area contributed by atoms with E-state index in [1.165, 1.54) is 6.26 Å². The SMILES string of the molecule is Cc1ccc2c(-n3ccnc3)cc(N3CCCC(NS(C)(=O)=O)C3)nc2c1. The van der Waals surface area contributed by atoms with Crippen molar-refractivity contribution in [1.29, 1.82) is 0 Å². The molecule has 3 aromatic rings. The molecule has 1 aliphatic rings. The number of hydrogen-bond donors (Lipinski definition) is 1. The van der Waals surface area contributed by atoms with E-state index in [1.54, 1.807) is 12.5 Å². The molecule has 3 heterocycles. The van der Waals surface area contributed by atoms with Gasteiger partial charge in [0.2, 0.25) is 10.0 Å². The van der Waals surface area contributed by atoms with Gasteiger partial charge in [-0.2, -0.15) is 0 Å². The van der Waals surface area contributed by atoms with Gasteiger partial charge in [0, 0.05) is 43.0 Å². The number of aromatic nitrogens is 3. The molecule has 142 valence electrons. The highest BCUT2D eigenvalue weighted by Crippen LogP contribution is 2.28. The molecule has 0 saturated carbocycles. The number of imidazole rings is 1. The van der Waals surface area contributed by atoms with E-state index in [2.05, 4.69) is 45.8 Å². The maximum Gasteiger partial charge on any atom is 0.209 e. The molecule has 8 heteroatoms. The molecule has 7 nitrogen and oxygen atoms in total. The molecule has 0 aliphatic carbocycles. The molecule has 1 saturated heterocycles. The van der Waals surface area contributed by atoms with Crippen LogP contribution < -0.4 is 9.62 Å². The molecule has 1 N–H and O–H groups in total. The number of sulfonamides is 1. The highest BCUT2D eigenvalue weighted by atomic mass is 32.2. The summed E-state index contributed by atoms with van der Waals surface area (Å²) in [5, 5.41) is 1.06. The number of hydrogen-bond acceptors (Lipinski definition) is 5. The van der Waals surface area contributed by atoms with E-state index in [-0.39, 0.29) is 6.04 Å². The Morgan fingerprint density at radius 3 is 2.85 bits per heavy atom. The van der Waals surface area contributed by atoms with Crippen LogP contribution in [0.25, 0.3) is 16.6 Å². The number of fused-ring (bicyclic) bond motifs is 1. The highest BCUT2D eigenvalue weighted by Gasteiger charge is 2.24. The number of benzene rings is 1. The van der Waals surface area contributed by atoms with Crippen LogP contribution in [0, 0.1) is 6.92 Å². The van der Waals surface area contributed by atoms with Crippen molar-refractivity contribution in [2.45, 2.75) is 25.8 Å². The largest absolute Gasteiger partial charge is 0.355 e. The minimum absolute atomic E-state index is 0.0968. The van der Waals surface area contributed by atoms with Gasteiger partial charge in [0.25, 0.3) is 0 Å². The molecule has 1 atom stereocenters. The molecule has 0 radical (unpaired) electrons. The monoisotopic (exact) mass is 385 g/mol. The Labute approximate surface area is 159 Å². The van der Waals surface area contributed by atoms with Crippen molar-refractivity contribution < 1.29 is 8.42 Å². The fourth-order valence-corrected chi connectivity index (χ4v) is 4.47. The van der Waals surface area contributed by atoms with Gasteiger partial charge in [0.1, 0.15) is 5.82 Å². The van der Waals surface area contributed by atoms with Crippen molar-refractivity contribution in [2.75, 3.05) is 24.2 Å². The second kappa shape index (κ2) is 6.94. The molecule has 0 spiro atoms. The Kier molecular flexibility index (Phi) is 4.61. The quantitative estimate of drug-likeness (QED) is 0.745. The molecule has 27 heavy (non-hydrogen) atoms. The molecular weight excluding hydrogens is 362 g/mol. The number of rotatable bonds is 4. The number of pyridine rings is 1. The van der Waals surface area contributed by atoms with Crippen LogP contribution in [0.1, 0.15) is 18.4 Å². The second-order valence-electron chi connectivity index (χ2n) is 7.17. The standard InChI is InChI=1S/C19H23N5O2S/c1-14-5-6-16-17(10-14)21-19(11-18(16)24-9-7-20-13-24)23-8-3-4-15(12-23)22-27(2,25)26/h5-7,9-11,13,15,22H,3-4,8,12H2,1-2H3. The zero-order valence-electron chi connectivity index (χ0n) is 15.5. The Balaban J connectivity index is 1.75. The second-order valence-corrected chi connectivity index (χ2v) is 8.95. The van der Waals surface area contributed by atoms with Crippen molar-refractivity contribution >= 4 is 26.7 Å². The van der Waals surface area contributed by atoms with Gasteiger partial charge in [0.15, 0.2) is 0 Å². The minimum atomic E-state index is -3.22. The molecule has 1 fully saturated rings. The summed E-state index contributed by atoms with van der Waals surface area (Å²) in [5.74, 6) is 0.858. The van der Waals surface area contributed by atoms with Crippen LogP contribution >= 0.6 is 0 Å². The van der Waals surface area contributed by atoms with E-state index in [0.717, 1.165) is 47.4 Å². The van der Waals surface area contributed by atoms with Crippen molar-refractivity contribution in [3.63, 3.8) is 0 Å². The summed E-state index contributed by atoms with van der Waals surface area (Å²) < 4.78 is 27.9. The lowest BCUT2D eigenvalue weighted by molar-refractivity contribution is 0.466. The molecule has 1 unspecified atom stereocenters. The molecule has 4 rings (SSSR count). The van der Waals surface area contributed by atoms with Crippen LogP contribution in [0.2, 0.25) is 0 Å². The summed E-state index contributed by atoms with van der Waals surface area (Å²) >= 11 is 0. The number of nitrogens with zero attached hydrogens (tertiary/aromatic N) is 4. The first-order valence-electron chi connectivity index (χ1n) is 9.01. The number of piperidine rings is 1. The van der Waals surface area contributed by atoms with Gasteiger partial charge in [-0.3, -0.25) is 0 Å². The molecule has 2 aromatic heterocycles. The van der Waals surface area contributed by atoms with Crippen LogP contribution in [0.4, 0.5) is 5.82 Å². The Morgan fingerprint density at radius 2 is 2.11 bits per heavy atom. The summed E-state index contributed by atoms with van der Waals surface area (Å²) in [6.45, 7) is 3.52. The van der Waals surface area contributed by atoms with E-state index < -0.39 is 10.0 Å². The summed E-state index contributed by atoms with van der Waals surface area (Å²) in [4.78, 5) is 11.2. The van der Waals surface area contributed by atoms with Gasteiger partial charge < -0.3 is 9.47 Å². The first-order valence-corrected chi connectivity index (χ1v) is 10.9. The van der Waals surface area contributed by atoms with E-state index in [9.17, 15) is 8.42 Å². The number of nitrogens with one attached hydrogen (secondary N) is 1. The maximum atomic E-state index is 11.6. The lowest BCUT2D eigenvalue weighted by Crippen LogP contribution is -2.47. The summed E-state index contributed by atoms with van der Waals surface area (Å²) in [7, 11) is -3.22. The lowest BCUT2D eigenvalue weighted by atomic mass is 10.1. The third-order valence-corrected chi connectivity index (χ3v) is 5.60. The third-order valence-electron chi connectivity index (χ3n) is 4.84. The van der Waals surface area contributed by atoms with Crippen molar-refractivity contribution in [1.82, 2.24) is 19.3 Å². The molecule has 0 bridgehead atoms. The molecule has 1 aliphatic heterocycles. The minimum Gasteiger partial charge on any atom is -0.355 e. The van der Waals surface area contributed by atoms with Gasteiger partial charge in [0.05, 0.1) is 23.8 Å². The van der Waals surface area contributed by atoms with Gasteiger partial charge in [-0.25, -0.2) is 23.1 Å². The zero-order valence-corrected chi connectivity index (χ0v) is 16.3. The molecule has 1 aromatic carbocycles. The normalized spacial score (nSPS) is 18.1. The fraction of sp³-hybridized carbons (Fsp3) is 0.368. The zero-order chi connectivity index (χ0) is 19.0. The Morgan fingerprint density at radius 1 is 1.26 bits per heavy atom. The predicted molar refractivity (Wildman–Crippen MR) is 107 cm³/mol. The third kappa shape index (κ3) is 3.96. The van der Waals surface area contributed by atoms with Gasteiger partial charge >= 0.3 is 0 Å². The van der Waals surface area contributed by atoms with E-state index in [1.807, 2.05) is 10.8 Å². The first kappa shape index (κ1) is 17.9. The summed E-state index contributed by atoms with van der Waals surface area (Å²) in [6, 6.07) is 8.20. The van der Waals surface area contributed by atoms with Gasteiger partial charge in [-0.15, -0.1) is 0 Å².